The van der Waals surface area contributed by atoms with E-state index in [0.717, 1.165) is 12.8 Å². The number of rotatable bonds is 26. The molecule has 0 spiro atoms. The highest BCUT2D eigenvalue weighted by molar-refractivity contribution is 6.01. The van der Waals surface area contributed by atoms with Gasteiger partial charge in [-0.3, -0.25) is 14.4 Å². The molecule has 1 aliphatic heterocycles. The van der Waals surface area contributed by atoms with E-state index in [-0.39, 0.29) is 31.8 Å². The first-order valence-electron chi connectivity index (χ1n) is 14.2. The first kappa shape index (κ1) is 33.9. The van der Waals surface area contributed by atoms with Crippen molar-refractivity contribution in [2.75, 3.05) is 59.4 Å². The van der Waals surface area contributed by atoms with Crippen LogP contribution in [-0.2, 0) is 43.0 Å². The lowest BCUT2D eigenvalue weighted by Crippen LogP contribution is -2.32. The third-order valence-electron chi connectivity index (χ3n) is 5.84. The van der Waals surface area contributed by atoms with Crippen molar-refractivity contribution in [1.82, 2.24) is 10.4 Å². The number of carbonyl (C=O) groups is 4. The average molecular weight is 545 g/mol. The maximum absolute atomic E-state index is 11.8. The van der Waals surface area contributed by atoms with E-state index in [2.05, 4.69) is 12.2 Å². The summed E-state index contributed by atoms with van der Waals surface area (Å²) in [6.07, 6.45) is 11.8. The van der Waals surface area contributed by atoms with Gasteiger partial charge in [-0.25, -0.2) is 4.79 Å². The predicted octanol–water partition coefficient (Wildman–Crippen LogP) is 3.09. The lowest BCUT2D eigenvalue weighted by molar-refractivity contribution is -0.198. The van der Waals surface area contributed by atoms with Crippen LogP contribution in [0.1, 0.15) is 90.4 Å². The van der Waals surface area contributed by atoms with Crippen LogP contribution in [0, 0.1) is 0 Å². The second kappa shape index (κ2) is 24.0. The fourth-order valence-corrected chi connectivity index (χ4v) is 3.67. The molecule has 0 radical (unpaired) electrons. The first-order valence-corrected chi connectivity index (χ1v) is 14.2. The number of nitrogens with zero attached hydrogens (tertiary/aromatic N) is 1. The summed E-state index contributed by atoms with van der Waals surface area (Å²) in [5.74, 6) is -1.62. The molecule has 0 atom stereocenters. The SMILES string of the molecule is CCCCCCCCCCCC(=O)NCCOCCOCCOCCOCCC(=O)ON1C(=O)CCC1=O. The second-order valence-electron chi connectivity index (χ2n) is 9.17. The molecule has 3 amide bonds. The Morgan fingerprint density at radius 3 is 1.68 bits per heavy atom. The quantitative estimate of drug-likeness (QED) is 0.129. The Morgan fingerprint density at radius 1 is 0.658 bits per heavy atom. The van der Waals surface area contributed by atoms with Gasteiger partial charge in [0.05, 0.1) is 59.3 Å². The molecule has 0 bridgehead atoms. The molecule has 0 aliphatic carbocycles. The first-order chi connectivity index (χ1) is 18.5. The summed E-state index contributed by atoms with van der Waals surface area (Å²) >= 11 is 0. The van der Waals surface area contributed by atoms with E-state index >= 15 is 0 Å². The number of unbranched alkanes of at least 4 members (excludes halogenated alkanes) is 8. The zero-order valence-corrected chi connectivity index (χ0v) is 23.2. The molecule has 0 aromatic carbocycles. The summed E-state index contributed by atoms with van der Waals surface area (Å²) in [6, 6.07) is 0. The molecule has 1 aliphatic rings. The van der Waals surface area contributed by atoms with Crippen molar-refractivity contribution in [3.63, 3.8) is 0 Å². The molecule has 0 aromatic heterocycles. The predicted molar refractivity (Wildman–Crippen MR) is 140 cm³/mol. The van der Waals surface area contributed by atoms with Gasteiger partial charge in [-0.05, 0) is 6.42 Å². The van der Waals surface area contributed by atoms with Gasteiger partial charge in [-0.15, -0.1) is 5.06 Å². The Morgan fingerprint density at radius 2 is 1.13 bits per heavy atom. The lowest BCUT2D eigenvalue weighted by Gasteiger charge is -2.12. The van der Waals surface area contributed by atoms with Gasteiger partial charge >= 0.3 is 5.97 Å². The van der Waals surface area contributed by atoms with Gasteiger partial charge in [0, 0.05) is 25.8 Å². The number of hydrogen-bond donors (Lipinski definition) is 1. The maximum Gasteiger partial charge on any atom is 0.335 e. The van der Waals surface area contributed by atoms with Crippen LogP contribution in [0.4, 0.5) is 0 Å². The monoisotopic (exact) mass is 544 g/mol. The van der Waals surface area contributed by atoms with Crippen LogP contribution < -0.4 is 5.32 Å². The Labute approximate surface area is 227 Å². The summed E-state index contributed by atoms with van der Waals surface area (Å²) in [6.45, 7) is 5.65. The van der Waals surface area contributed by atoms with Crippen molar-refractivity contribution in [1.29, 1.82) is 0 Å². The number of carbonyl (C=O) groups excluding carboxylic acids is 4. The Bertz CT molecular complexity index is 644. The topological polar surface area (TPSA) is 130 Å². The highest BCUT2D eigenvalue weighted by Crippen LogP contribution is 2.12. The van der Waals surface area contributed by atoms with E-state index in [1.807, 2.05) is 0 Å². The second-order valence-corrected chi connectivity index (χ2v) is 9.17. The fraction of sp³-hybridized carbons (Fsp3) is 0.852. The molecule has 0 aromatic rings. The van der Waals surface area contributed by atoms with E-state index in [9.17, 15) is 19.2 Å². The number of hydrogen-bond acceptors (Lipinski definition) is 9. The minimum atomic E-state index is -0.693. The smallest absolute Gasteiger partial charge is 0.335 e. The minimum Gasteiger partial charge on any atom is -0.378 e. The van der Waals surface area contributed by atoms with Crippen molar-refractivity contribution in [2.24, 2.45) is 0 Å². The van der Waals surface area contributed by atoms with Crippen LogP contribution in [0.5, 0.6) is 0 Å². The van der Waals surface area contributed by atoms with E-state index in [0.29, 0.717) is 64.3 Å². The van der Waals surface area contributed by atoms with E-state index in [1.165, 1.54) is 44.9 Å². The molecule has 38 heavy (non-hydrogen) atoms. The van der Waals surface area contributed by atoms with Gasteiger partial charge in [0.25, 0.3) is 11.8 Å². The number of imide groups is 1. The van der Waals surface area contributed by atoms with Crippen LogP contribution in [-0.4, -0.2) is 88.2 Å². The Balaban J connectivity index is 1.75. The van der Waals surface area contributed by atoms with Crippen molar-refractivity contribution in [3.05, 3.63) is 0 Å². The van der Waals surface area contributed by atoms with Crippen LogP contribution in [0.15, 0.2) is 0 Å². The molecule has 1 saturated heterocycles. The van der Waals surface area contributed by atoms with Crippen LogP contribution >= 0.6 is 0 Å². The summed E-state index contributed by atoms with van der Waals surface area (Å²) in [5.41, 5.74) is 0. The molecule has 220 valence electrons. The maximum atomic E-state index is 11.8. The number of amides is 3. The fourth-order valence-electron chi connectivity index (χ4n) is 3.67. The van der Waals surface area contributed by atoms with E-state index in [4.69, 9.17) is 23.8 Å². The lowest BCUT2D eigenvalue weighted by atomic mass is 10.1. The number of nitrogens with one attached hydrogen (secondary N) is 1. The third-order valence-corrected chi connectivity index (χ3v) is 5.84. The van der Waals surface area contributed by atoms with Crippen LogP contribution in [0.3, 0.4) is 0 Å². The number of hydroxylamine groups is 2. The van der Waals surface area contributed by atoms with Crippen molar-refractivity contribution >= 4 is 23.7 Å². The molecule has 1 rings (SSSR count). The van der Waals surface area contributed by atoms with Gasteiger partial charge in [0.15, 0.2) is 0 Å². The molecule has 1 heterocycles. The normalized spacial score (nSPS) is 13.3. The van der Waals surface area contributed by atoms with Crippen molar-refractivity contribution in [3.8, 4) is 0 Å². The van der Waals surface area contributed by atoms with Crippen molar-refractivity contribution < 1.29 is 43.0 Å². The van der Waals surface area contributed by atoms with E-state index < -0.39 is 17.8 Å². The molecule has 1 N–H and O–H groups in total. The zero-order chi connectivity index (χ0) is 27.7. The molecule has 11 heteroatoms. The highest BCUT2D eigenvalue weighted by Gasteiger charge is 2.32. The summed E-state index contributed by atoms with van der Waals surface area (Å²) < 4.78 is 21.5. The van der Waals surface area contributed by atoms with Gasteiger partial charge in [0.1, 0.15) is 0 Å². The average Bonchev–Trinajstić information content (AvgIpc) is 3.22. The van der Waals surface area contributed by atoms with Gasteiger partial charge in [-0.1, -0.05) is 58.3 Å². The molecule has 0 saturated carbocycles. The Hall–Kier alpha value is -2.08. The van der Waals surface area contributed by atoms with E-state index in [1.54, 1.807) is 0 Å². The van der Waals surface area contributed by atoms with Crippen LogP contribution in [0.25, 0.3) is 0 Å². The molecule has 1 fully saturated rings. The minimum absolute atomic E-state index is 0.0653. The van der Waals surface area contributed by atoms with Gasteiger partial charge in [-0.2, -0.15) is 0 Å². The van der Waals surface area contributed by atoms with Crippen molar-refractivity contribution in [2.45, 2.75) is 90.4 Å². The van der Waals surface area contributed by atoms with Gasteiger partial charge < -0.3 is 29.1 Å². The number of ether oxygens (including phenoxy) is 4. The standard InChI is InChI=1S/C27H48N2O9/c1-2-3-4-5-6-7-8-9-10-11-24(30)28-15-17-35-19-21-37-23-22-36-20-18-34-16-14-27(33)38-29-25(31)12-13-26(29)32/h2-23H2,1H3,(H,28,30). The van der Waals surface area contributed by atoms with Gasteiger partial charge in [0.2, 0.25) is 5.91 Å². The summed E-state index contributed by atoms with van der Waals surface area (Å²) in [4.78, 5) is 50.9. The largest absolute Gasteiger partial charge is 0.378 e. The third kappa shape index (κ3) is 19.1. The summed E-state index contributed by atoms with van der Waals surface area (Å²) in [5, 5.41) is 3.40. The Kier molecular flexibility index (Phi) is 21.4. The zero-order valence-electron chi connectivity index (χ0n) is 23.2. The molecule has 11 nitrogen and oxygen atoms in total. The molecular weight excluding hydrogens is 496 g/mol. The summed E-state index contributed by atoms with van der Waals surface area (Å²) in [7, 11) is 0. The van der Waals surface area contributed by atoms with Crippen LogP contribution in [0.2, 0.25) is 0 Å². The molecular formula is C27H48N2O9. The highest BCUT2D eigenvalue weighted by atomic mass is 16.7. The molecule has 0 unspecified atom stereocenters.